The molecule has 2 N–H and O–H groups in total. The molecule has 0 amide bonds. The number of sulfonamides is 1. The van der Waals surface area contributed by atoms with E-state index in [0.717, 1.165) is 21.7 Å². The van der Waals surface area contributed by atoms with Gasteiger partial charge in [0.1, 0.15) is 28.1 Å². The minimum absolute atomic E-state index is 0.00225. The highest BCUT2D eigenvalue weighted by Crippen LogP contribution is 2.35. The van der Waals surface area contributed by atoms with E-state index < -0.39 is 33.0 Å². The third-order valence-electron chi connectivity index (χ3n) is 4.38. The molecule has 0 aliphatic carbocycles. The smallest absolute Gasteiger partial charge is 0.239 e. The van der Waals surface area contributed by atoms with E-state index in [1.807, 2.05) is 6.07 Å². The highest BCUT2D eigenvalue weighted by molar-refractivity contribution is 7.89. The molecule has 0 saturated carbocycles. The van der Waals surface area contributed by atoms with Gasteiger partial charge in [-0.05, 0) is 42.8 Å². The molecule has 1 atom stereocenters. The molecule has 28 heavy (non-hydrogen) atoms. The fourth-order valence-corrected chi connectivity index (χ4v) is 5.04. The Labute approximate surface area is 165 Å². The first-order valence-corrected chi connectivity index (χ1v) is 10.5. The highest BCUT2D eigenvalue weighted by atomic mass is 32.2. The van der Waals surface area contributed by atoms with Gasteiger partial charge < -0.3 is 5.73 Å². The number of thiophene rings is 1. The quantitative estimate of drug-likeness (QED) is 0.822. The summed E-state index contributed by atoms with van der Waals surface area (Å²) in [6.07, 6.45) is 1.19. The molecule has 1 aromatic heterocycles. The highest BCUT2D eigenvalue weighted by Gasteiger charge is 2.41. The summed E-state index contributed by atoms with van der Waals surface area (Å²) in [5.74, 6) is -1.98. The number of nitrogens with two attached hydrogens (primary N) is 1. The molecule has 0 bridgehead atoms. The molecule has 2 aromatic rings. The van der Waals surface area contributed by atoms with Crippen molar-refractivity contribution in [2.75, 3.05) is 12.8 Å². The van der Waals surface area contributed by atoms with E-state index in [1.165, 1.54) is 44.3 Å². The normalized spacial score (nSPS) is 21.9. The van der Waals surface area contributed by atoms with Crippen LogP contribution in [0.4, 0.5) is 8.78 Å². The molecule has 0 fully saturated rings. The van der Waals surface area contributed by atoms with Crippen LogP contribution in [0.3, 0.4) is 0 Å². The van der Waals surface area contributed by atoms with Gasteiger partial charge in [-0.3, -0.25) is 0 Å². The van der Waals surface area contributed by atoms with Gasteiger partial charge in [0, 0.05) is 12.6 Å². The second-order valence-corrected chi connectivity index (χ2v) is 9.56. The van der Waals surface area contributed by atoms with Crippen molar-refractivity contribution in [3.63, 3.8) is 0 Å². The molecule has 146 valence electrons. The molecule has 0 saturated heterocycles. The van der Waals surface area contributed by atoms with Crippen LogP contribution in [-0.4, -0.2) is 31.5 Å². The Morgan fingerprint density at radius 1 is 1.43 bits per heavy atom. The monoisotopic (exact) mass is 422 g/mol. The fraction of sp³-hybridized carbons (Fsp3) is 0.222. The maximum atomic E-state index is 14.5. The largest absolute Gasteiger partial charge is 0.369 e. The fourth-order valence-electron chi connectivity index (χ4n) is 2.88. The molecule has 10 heteroatoms. The molecular formula is C18H16F2N4O2S2. The first-order chi connectivity index (χ1) is 13.1. The van der Waals surface area contributed by atoms with Gasteiger partial charge in [0.05, 0.1) is 10.6 Å². The first-order valence-electron chi connectivity index (χ1n) is 8.05. The van der Waals surface area contributed by atoms with E-state index >= 15 is 0 Å². The number of hydrogen-bond donors (Lipinski definition) is 1. The third-order valence-corrected chi connectivity index (χ3v) is 7.33. The maximum absolute atomic E-state index is 14.5. The Balaban J connectivity index is 2.05. The van der Waals surface area contributed by atoms with Crippen molar-refractivity contribution < 1.29 is 17.2 Å². The number of rotatable bonds is 3. The van der Waals surface area contributed by atoms with Gasteiger partial charge in [-0.25, -0.2) is 26.5 Å². The Morgan fingerprint density at radius 3 is 2.75 bits per heavy atom. The standard InChI is InChI=1S/C18H16F2N4O2S2/c1-18(10-28(25,26)24(2)17(22)23-18)13-7-11(3-5-14(13)19)8-15(20)16-6-4-12(9-21)27-16/h3-8H,10H2,1-2H3,(H2,22,23)/b15-8-/t18-/m0/s1. The molecule has 2 heterocycles. The van der Waals surface area contributed by atoms with Crippen molar-refractivity contribution in [1.29, 1.82) is 5.26 Å². The summed E-state index contributed by atoms with van der Waals surface area (Å²) < 4.78 is 54.5. The maximum Gasteiger partial charge on any atom is 0.239 e. The molecule has 0 radical (unpaired) electrons. The summed E-state index contributed by atoms with van der Waals surface area (Å²) in [7, 11) is -2.50. The van der Waals surface area contributed by atoms with Crippen LogP contribution in [0.2, 0.25) is 0 Å². The predicted molar refractivity (Wildman–Crippen MR) is 105 cm³/mol. The zero-order valence-corrected chi connectivity index (χ0v) is 16.6. The number of halogens is 2. The second-order valence-electron chi connectivity index (χ2n) is 6.47. The summed E-state index contributed by atoms with van der Waals surface area (Å²) in [6, 6.07) is 8.78. The van der Waals surface area contributed by atoms with E-state index in [2.05, 4.69) is 4.99 Å². The van der Waals surface area contributed by atoms with E-state index in [-0.39, 0.29) is 16.4 Å². The van der Waals surface area contributed by atoms with Gasteiger partial charge in [0.2, 0.25) is 16.0 Å². The number of aliphatic imine (C=N–C) groups is 1. The van der Waals surface area contributed by atoms with Crippen LogP contribution in [0.1, 0.15) is 27.8 Å². The van der Waals surface area contributed by atoms with Crippen molar-refractivity contribution in [3.05, 3.63) is 57.0 Å². The predicted octanol–water partition coefficient (Wildman–Crippen LogP) is 3.03. The number of nitriles is 1. The molecular weight excluding hydrogens is 406 g/mol. The minimum atomic E-state index is -3.77. The molecule has 0 spiro atoms. The third kappa shape index (κ3) is 3.63. The van der Waals surface area contributed by atoms with Gasteiger partial charge in [0.25, 0.3) is 0 Å². The van der Waals surface area contributed by atoms with E-state index in [0.29, 0.717) is 10.4 Å². The first kappa shape index (κ1) is 20.0. The van der Waals surface area contributed by atoms with Crippen LogP contribution in [0.5, 0.6) is 0 Å². The lowest BCUT2D eigenvalue weighted by Gasteiger charge is -2.34. The van der Waals surface area contributed by atoms with Gasteiger partial charge in [-0.2, -0.15) is 5.26 Å². The van der Waals surface area contributed by atoms with Crippen LogP contribution < -0.4 is 5.73 Å². The average Bonchev–Trinajstić information content (AvgIpc) is 3.10. The molecule has 1 aliphatic heterocycles. The van der Waals surface area contributed by atoms with Crippen LogP contribution in [0, 0.1) is 17.1 Å². The van der Waals surface area contributed by atoms with Crippen LogP contribution in [0.15, 0.2) is 35.3 Å². The molecule has 0 unspecified atom stereocenters. The van der Waals surface area contributed by atoms with Crippen molar-refractivity contribution in [3.8, 4) is 6.07 Å². The Hall–Kier alpha value is -2.77. The lowest BCUT2D eigenvalue weighted by atomic mass is 9.92. The zero-order chi connectivity index (χ0) is 20.7. The SMILES string of the molecule is CN1C(N)=N[C@](C)(c2cc(/C=C(\F)c3ccc(C#N)s3)ccc2F)CS1(=O)=O. The van der Waals surface area contributed by atoms with Gasteiger partial charge >= 0.3 is 0 Å². The molecule has 6 nitrogen and oxygen atoms in total. The molecule has 3 rings (SSSR count). The van der Waals surface area contributed by atoms with Crippen LogP contribution in [-0.2, 0) is 15.6 Å². The number of benzene rings is 1. The number of hydrogen-bond acceptors (Lipinski definition) is 6. The molecule has 1 aliphatic rings. The molecule has 1 aromatic carbocycles. The summed E-state index contributed by atoms with van der Waals surface area (Å²) >= 11 is 0.993. The minimum Gasteiger partial charge on any atom is -0.369 e. The lowest BCUT2D eigenvalue weighted by molar-refractivity contribution is 0.458. The van der Waals surface area contributed by atoms with Crippen molar-refractivity contribution in [2.24, 2.45) is 10.7 Å². The van der Waals surface area contributed by atoms with E-state index in [4.69, 9.17) is 11.0 Å². The lowest BCUT2D eigenvalue weighted by Crippen LogP contribution is -2.50. The van der Waals surface area contributed by atoms with E-state index in [9.17, 15) is 17.2 Å². The Bertz CT molecular complexity index is 1150. The zero-order valence-electron chi connectivity index (χ0n) is 15.0. The summed E-state index contributed by atoms with van der Waals surface area (Å²) in [6.45, 7) is 1.46. The number of nitrogens with zero attached hydrogens (tertiary/aromatic N) is 3. The van der Waals surface area contributed by atoms with Crippen LogP contribution >= 0.6 is 11.3 Å². The van der Waals surface area contributed by atoms with Crippen molar-refractivity contribution in [1.82, 2.24) is 4.31 Å². The average molecular weight is 422 g/mol. The second kappa shape index (κ2) is 7.00. The summed E-state index contributed by atoms with van der Waals surface area (Å²) in [5, 5.41) is 8.85. The Morgan fingerprint density at radius 2 is 2.14 bits per heavy atom. The number of guanidine groups is 1. The van der Waals surface area contributed by atoms with Crippen molar-refractivity contribution in [2.45, 2.75) is 12.5 Å². The van der Waals surface area contributed by atoms with Crippen molar-refractivity contribution >= 4 is 39.2 Å². The Kier molecular flexibility index (Phi) is 4.99. The topological polar surface area (TPSA) is 99.5 Å². The van der Waals surface area contributed by atoms with Crippen LogP contribution in [0.25, 0.3) is 11.9 Å². The van der Waals surface area contributed by atoms with Gasteiger partial charge in [0.15, 0.2) is 0 Å². The van der Waals surface area contributed by atoms with Gasteiger partial charge in [-0.15, -0.1) is 11.3 Å². The summed E-state index contributed by atoms with van der Waals surface area (Å²) in [5.41, 5.74) is 4.58. The summed E-state index contributed by atoms with van der Waals surface area (Å²) in [4.78, 5) is 4.80. The van der Waals surface area contributed by atoms with E-state index in [1.54, 1.807) is 0 Å². The van der Waals surface area contributed by atoms with Gasteiger partial charge in [-0.1, -0.05) is 6.07 Å².